The van der Waals surface area contributed by atoms with Gasteiger partial charge >= 0.3 is 11.9 Å². The first-order valence-electron chi connectivity index (χ1n) is 14.1. The highest BCUT2D eigenvalue weighted by Gasteiger charge is 2.12. The van der Waals surface area contributed by atoms with E-state index in [1.807, 2.05) is 18.2 Å². The normalized spacial score (nSPS) is 10.8. The molecule has 0 unspecified atom stereocenters. The summed E-state index contributed by atoms with van der Waals surface area (Å²) in [4.78, 5) is 23.3. The Hall–Kier alpha value is -3.29. The Morgan fingerprint density at radius 3 is 1.95 bits per heavy atom. The molecule has 0 spiro atoms. The molecule has 218 valence electrons. The number of aliphatic hydroxyl groups is 2. The number of hydrogen-bond donors (Lipinski definition) is 2. The molecule has 2 aromatic carbocycles. The summed E-state index contributed by atoms with van der Waals surface area (Å²) in [5.74, 6) is -1.52. The average molecular weight is 555 g/mol. The van der Waals surface area contributed by atoms with Crippen LogP contribution >= 0.6 is 0 Å². The van der Waals surface area contributed by atoms with Gasteiger partial charge in [-0.2, -0.15) is 0 Å². The van der Waals surface area contributed by atoms with Gasteiger partial charge in [-0.25, -0.2) is 14.0 Å². The van der Waals surface area contributed by atoms with Crippen LogP contribution in [0.4, 0.5) is 4.39 Å². The fraction of sp³-hybridized carbons (Fsp3) is 0.455. The van der Waals surface area contributed by atoms with E-state index >= 15 is 4.39 Å². The number of aliphatic hydroxyl groups excluding tert-OH is 2. The molecule has 7 heteroatoms. The lowest BCUT2D eigenvalue weighted by Gasteiger charge is -2.14. The Bertz CT molecular complexity index is 1140. The summed E-state index contributed by atoms with van der Waals surface area (Å²) in [5.41, 5.74) is 4.71. The predicted molar refractivity (Wildman–Crippen MR) is 155 cm³/mol. The Labute approximate surface area is 237 Å². The van der Waals surface area contributed by atoms with Crippen LogP contribution in [0.25, 0.3) is 11.1 Å². The number of ether oxygens (including phenoxy) is 2. The van der Waals surface area contributed by atoms with Gasteiger partial charge in [0, 0.05) is 0 Å². The van der Waals surface area contributed by atoms with E-state index in [0.717, 1.165) is 42.4 Å². The standard InChI is InChI=1S/C33H43FO6/c1-4-5-6-7-8-12-28-20-26(11-9-18-39-32(37)24(2)22-35)14-17-30(28)29-16-15-27(31(34)21-29)13-10-19-40-33(38)25(3)23-36/h14-17,20-21,35-36H,2-13,18-19,22-23H2,1H3. The van der Waals surface area contributed by atoms with E-state index in [1.54, 1.807) is 12.1 Å². The SMILES string of the molecule is C=C(CO)C(=O)OCCCc1ccc(-c2ccc(CCCOC(=O)C(=C)CO)c(F)c2)c(CCCCCCC)c1. The molecule has 0 amide bonds. The molecule has 0 heterocycles. The quantitative estimate of drug-likeness (QED) is 0.125. The van der Waals surface area contributed by atoms with Crippen molar-refractivity contribution >= 4 is 11.9 Å². The van der Waals surface area contributed by atoms with Crippen LogP contribution in [0.2, 0.25) is 0 Å². The summed E-state index contributed by atoms with van der Waals surface area (Å²) in [6, 6.07) is 11.5. The van der Waals surface area contributed by atoms with E-state index in [4.69, 9.17) is 19.7 Å². The first-order chi connectivity index (χ1) is 19.3. The van der Waals surface area contributed by atoms with Gasteiger partial charge < -0.3 is 19.7 Å². The number of carbonyl (C=O) groups is 2. The number of aryl methyl sites for hydroxylation is 3. The fourth-order valence-corrected chi connectivity index (χ4v) is 4.33. The summed E-state index contributed by atoms with van der Waals surface area (Å²) in [6.45, 7) is 8.59. The van der Waals surface area contributed by atoms with Crippen LogP contribution < -0.4 is 0 Å². The third kappa shape index (κ3) is 11.1. The molecule has 0 aliphatic heterocycles. The second-order valence-electron chi connectivity index (χ2n) is 9.96. The Balaban J connectivity index is 2.07. The van der Waals surface area contributed by atoms with Crippen molar-refractivity contribution in [3.63, 3.8) is 0 Å². The number of rotatable bonds is 19. The third-order valence-corrected chi connectivity index (χ3v) is 6.71. The van der Waals surface area contributed by atoms with Crippen molar-refractivity contribution in [2.75, 3.05) is 26.4 Å². The van der Waals surface area contributed by atoms with Crippen LogP contribution in [-0.2, 0) is 38.3 Å². The van der Waals surface area contributed by atoms with Crippen molar-refractivity contribution in [1.82, 2.24) is 0 Å². The first-order valence-corrected chi connectivity index (χ1v) is 14.1. The molecule has 2 aromatic rings. The summed E-state index contributed by atoms with van der Waals surface area (Å²) in [7, 11) is 0. The highest BCUT2D eigenvalue weighted by molar-refractivity contribution is 5.88. The maximum absolute atomic E-state index is 15.0. The lowest BCUT2D eigenvalue weighted by Crippen LogP contribution is -2.11. The van der Waals surface area contributed by atoms with Gasteiger partial charge in [-0.15, -0.1) is 0 Å². The predicted octanol–water partition coefficient (Wildman–Crippen LogP) is 6.05. The van der Waals surface area contributed by atoms with E-state index in [-0.39, 0.29) is 30.2 Å². The zero-order chi connectivity index (χ0) is 29.3. The maximum Gasteiger partial charge on any atom is 0.335 e. The molecule has 0 radical (unpaired) electrons. The lowest BCUT2D eigenvalue weighted by atomic mass is 9.92. The Morgan fingerprint density at radius 1 is 0.750 bits per heavy atom. The van der Waals surface area contributed by atoms with Crippen molar-refractivity contribution in [3.8, 4) is 11.1 Å². The minimum absolute atomic E-state index is 0.00418. The number of carbonyl (C=O) groups excluding carboxylic acids is 2. The molecule has 0 saturated heterocycles. The molecule has 2 N–H and O–H groups in total. The van der Waals surface area contributed by atoms with E-state index in [9.17, 15) is 9.59 Å². The first kappa shape index (κ1) is 32.9. The summed E-state index contributed by atoms with van der Waals surface area (Å²) in [5, 5.41) is 17.9. The van der Waals surface area contributed by atoms with Gasteiger partial charge in [0.1, 0.15) is 5.82 Å². The minimum atomic E-state index is -0.641. The number of unbranched alkanes of at least 4 members (excludes halogenated alkanes) is 4. The molecule has 0 fully saturated rings. The van der Waals surface area contributed by atoms with Gasteiger partial charge in [-0.05, 0) is 72.4 Å². The van der Waals surface area contributed by atoms with Crippen molar-refractivity contribution < 1.29 is 33.7 Å². The minimum Gasteiger partial charge on any atom is -0.462 e. The summed E-state index contributed by atoms with van der Waals surface area (Å²) >= 11 is 0. The molecule has 2 rings (SSSR count). The fourth-order valence-electron chi connectivity index (χ4n) is 4.33. The van der Waals surface area contributed by atoms with Crippen LogP contribution in [0.15, 0.2) is 60.7 Å². The van der Waals surface area contributed by atoms with Crippen LogP contribution in [0.1, 0.15) is 68.6 Å². The van der Waals surface area contributed by atoms with Gasteiger partial charge in [0.25, 0.3) is 0 Å². The molecule has 0 aliphatic rings. The largest absolute Gasteiger partial charge is 0.462 e. The molecule has 0 atom stereocenters. The van der Waals surface area contributed by atoms with Crippen LogP contribution in [0.3, 0.4) is 0 Å². The highest BCUT2D eigenvalue weighted by Crippen LogP contribution is 2.29. The second-order valence-corrected chi connectivity index (χ2v) is 9.96. The van der Waals surface area contributed by atoms with Gasteiger partial charge in [-0.3, -0.25) is 0 Å². The molecule has 0 aliphatic carbocycles. The van der Waals surface area contributed by atoms with Crippen molar-refractivity contribution in [2.45, 2.75) is 71.1 Å². The van der Waals surface area contributed by atoms with Crippen molar-refractivity contribution in [3.05, 3.63) is 83.2 Å². The van der Waals surface area contributed by atoms with Gasteiger partial charge in [0.15, 0.2) is 0 Å². The van der Waals surface area contributed by atoms with Crippen molar-refractivity contribution in [1.29, 1.82) is 0 Å². The second kappa shape index (κ2) is 18.1. The molecular formula is C33H43FO6. The van der Waals surface area contributed by atoms with Crippen molar-refractivity contribution in [2.24, 2.45) is 0 Å². The number of halogens is 1. The van der Waals surface area contributed by atoms with E-state index in [2.05, 4.69) is 26.1 Å². The maximum atomic E-state index is 15.0. The zero-order valence-corrected chi connectivity index (χ0v) is 23.7. The number of benzene rings is 2. The van der Waals surface area contributed by atoms with Gasteiger partial charge in [0.2, 0.25) is 0 Å². The monoisotopic (exact) mass is 554 g/mol. The molecular weight excluding hydrogens is 511 g/mol. The van der Waals surface area contributed by atoms with E-state index < -0.39 is 25.2 Å². The summed E-state index contributed by atoms with van der Waals surface area (Å²) < 4.78 is 25.2. The van der Waals surface area contributed by atoms with E-state index in [0.29, 0.717) is 24.8 Å². The van der Waals surface area contributed by atoms with E-state index in [1.165, 1.54) is 24.8 Å². The molecule has 40 heavy (non-hydrogen) atoms. The zero-order valence-electron chi connectivity index (χ0n) is 23.7. The lowest BCUT2D eigenvalue weighted by molar-refractivity contribution is -0.140. The highest BCUT2D eigenvalue weighted by atomic mass is 19.1. The van der Waals surface area contributed by atoms with Crippen LogP contribution in [0, 0.1) is 5.82 Å². The van der Waals surface area contributed by atoms with Crippen LogP contribution in [-0.4, -0.2) is 48.6 Å². The number of esters is 2. The smallest absolute Gasteiger partial charge is 0.335 e. The average Bonchev–Trinajstić information content (AvgIpc) is 2.96. The topological polar surface area (TPSA) is 93.1 Å². The van der Waals surface area contributed by atoms with Crippen LogP contribution in [0.5, 0.6) is 0 Å². The number of hydrogen-bond acceptors (Lipinski definition) is 6. The third-order valence-electron chi connectivity index (χ3n) is 6.71. The Kier molecular flexibility index (Phi) is 14.9. The Morgan fingerprint density at radius 2 is 1.35 bits per heavy atom. The van der Waals surface area contributed by atoms with Gasteiger partial charge in [-0.1, -0.05) is 76.1 Å². The van der Waals surface area contributed by atoms with Gasteiger partial charge in [0.05, 0.1) is 37.6 Å². The molecule has 6 nitrogen and oxygen atoms in total. The molecule has 0 saturated carbocycles. The molecule has 0 bridgehead atoms. The molecule has 0 aromatic heterocycles. The summed E-state index contributed by atoms with van der Waals surface area (Å²) in [6.07, 6.45) is 8.95.